The minimum absolute atomic E-state index is 0.561. The van der Waals surface area contributed by atoms with E-state index in [0.29, 0.717) is 32.6 Å². The maximum atomic E-state index is 11.0. The van der Waals surface area contributed by atoms with E-state index >= 15 is 0 Å². The molecule has 0 rings (SSSR count). The lowest BCUT2D eigenvalue weighted by atomic mass is 9.93. The molecular formula is C10H21NO3. The quantitative estimate of drug-likeness (QED) is 0.583. The van der Waals surface area contributed by atoms with Gasteiger partial charge in [-0.25, -0.2) is 0 Å². The second kappa shape index (κ2) is 6.79. The maximum Gasteiger partial charge on any atom is 0.323 e. The molecule has 4 nitrogen and oxygen atoms in total. The lowest BCUT2D eigenvalue weighted by Crippen LogP contribution is -2.52. The van der Waals surface area contributed by atoms with Gasteiger partial charge in [-0.15, -0.1) is 0 Å². The van der Waals surface area contributed by atoms with Crippen LogP contribution in [0.25, 0.3) is 0 Å². The van der Waals surface area contributed by atoms with E-state index in [1.165, 1.54) is 0 Å². The van der Waals surface area contributed by atoms with Crippen molar-refractivity contribution >= 4 is 5.97 Å². The van der Waals surface area contributed by atoms with Crippen LogP contribution in [0.5, 0.6) is 0 Å². The lowest BCUT2D eigenvalue weighted by molar-refractivity contribution is -0.145. The Balaban J connectivity index is 4.02. The molecule has 0 bridgehead atoms. The molecule has 0 saturated heterocycles. The van der Waals surface area contributed by atoms with Crippen molar-refractivity contribution in [1.82, 2.24) is 5.32 Å². The first-order valence-electron chi connectivity index (χ1n) is 5.19. The second-order valence-corrected chi connectivity index (χ2v) is 3.22. The van der Waals surface area contributed by atoms with E-state index in [0.717, 1.165) is 0 Å². The summed E-state index contributed by atoms with van der Waals surface area (Å²) in [6.07, 6.45) is 1.18. The molecule has 0 atom stereocenters. The zero-order valence-electron chi connectivity index (χ0n) is 9.30. The molecule has 0 spiro atoms. The van der Waals surface area contributed by atoms with Gasteiger partial charge in [0.05, 0.1) is 6.61 Å². The number of rotatable bonds is 8. The van der Waals surface area contributed by atoms with Crippen LogP contribution in [-0.2, 0) is 9.53 Å². The van der Waals surface area contributed by atoms with Gasteiger partial charge in [-0.3, -0.25) is 10.1 Å². The number of hydrogen-bond acceptors (Lipinski definition) is 3. The van der Waals surface area contributed by atoms with Crippen molar-refractivity contribution < 1.29 is 14.6 Å². The summed E-state index contributed by atoms with van der Waals surface area (Å²) in [7, 11) is 0. The minimum atomic E-state index is -0.781. The lowest BCUT2D eigenvalue weighted by Gasteiger charge is -2.28. The SMILES string of the molecule is CCOCCNC(CC)(CC)C(=O)O. The number of ether oxygens (including phenoxy) is 1. The fraction of sp³-hybridized carbons (Fsp3) is 0.900. The van der Waals surface area contributed by atoms with Crippen LogP contribution in [0.1, 0.15) is 33.6 Å². The standard InChI is InChI=1S/C10H21NO3/c1-4-10(5-2,9(12)13)11-7-8-14-6-3/h11H,4-8H2,1-3H3,(H,12,13). The number of carboxylic acids is 1. The van der Waals surface area contributed by atoms with E-state index in [2.05, 4.69) is 5.32 Å². The van der Waals surface area contributed by atoms with Crippen molar-refractivity contribution in [3.8, 4) is 0 Å². The van der Waals surface area contributed by atoms with Crippen LogP contribution in [0.2, 0.25) is 0 Å². The van der Waals surface area contributed by atoms with E-state index in [1.54, 1.807) is 0 Å². The van der Waals surface area contributed by atoms with Crippen molar-refractivity contribution in [2.75, 3.05) is 19.8 Å². The molecule has 0 unspecified atom stereocenters. The molecule has 0 heterocycles. The molecule has 0 aromatic carbocycles. The highest BCUT2D eigenvalue weighted by atomic mass is 16.5. The van der Waals surface area contributed by atoms with E-state index in [1.807, 2.05) is 20.8 Å². The van der Waals surface area contributed by atoms with Crippen LogP contribution < -0.4 is 5.32 Å². The summed E-state index contributed by atoms with van der Waals surface area (Å²) in [6, 6.07) is 0. The molecule has 0 aromatic heterocycles. The Hall–Kier alpha value is -0.610. The summed E-state index contributed by atoms with van der Waals surface area (Å²) in [4.78, 5) is 11.0. The summed E-state index contributed by atoms with van der Waals surface area (Å²) in [6.45, 7) is 7.49. The summed E-state index contributed by atoms with van der Waals surface area (Å²) in [5, 5.41) is 12.1. The van der Waals surface area contributed by atoms with E-state index in [9.17, 15) is 4.79 Å². The third-order valence-electron chi connectivity index (χ3n) is 2.53. The zero-order chi connectivity index (χ0) is 11.0. The predicted octanol–water partition coefficient (Wildman–Crippen LogP) is 1.26. The van der Waals surface area contributed by atoms with Gasteiger partial charge in [0.15, 0.2) is 0 Å². The Labute approximate surface area is 85.6 Å². The number of nitrogens with one attached hydrogen (secondary N) is 1. The van der Waals surface area contributed by atoms with Gasteiger partial charge in [0.1, 0.15) is 5.54 Å². The Morgan fingerprint density at radius 1 is 1.36 bits per heavy atom. The van der Waals surface area contributed by atoms with Crippen molar-refractivity contribution in [3.05, 3.63) is 0 Å². The number of carbonyl (C=O) groups is 1. The Morgan fingerprint density at radius 3 is 2.29 bits per heavy atom. The molecule has 0 radical (unpaired) electrons. The van der Waals surface area contributed by atoms with Gasteiger partial charge in [-0.05, 0) is 19.8 Å². The van der Waals surface area contributed by atoms with Crippen LogP contribution >= 0.6 is 0 Å². The Bertz CT molecular complexity index is 167. The molecule has 14 heavy (non-hydrogen) atoms. The van der Waals surface area contributed by atoms with Gasteiger partial charge in [-0.1, -0.05) is 13.8 Å². The summed E-state index contributed by atoms with van der Waals surface area (Å²) < 4.78 is 5.14. The first kappa shape index (κ1) is 13.4. The fourth-order valence-corrected chi connectivity index (χ4v) is 1.38. The third-order valence-corrected chi connectivity index (χ3v) is 2.53. The van der Waals surface area contributed by atoms with Crippen LogP contribution in [0.3, 0.4) is 0 Å². The van der Waals surface area contributed by atoms with Crippen molar-refractivity contribution in [2.24, 2.45) is 0 Å². The Morgan fingerprint density at radius 2 is 1.93 bits per heavy atom. The van der Waals surface area contributed by atoms with Crippen molar-refractivity contribution in [3.63, 3.8) is 0 Å². The Kier molecular flexibility index (Phi) is 6.49. The first-order valence-corrected chi connectivity index (χ1v) is 5.19. The smallest absolute Gasteiger partial charge is 0.323 e. The van der Waals surface area contributed by atoms with Crippen LogP contribution in [-0.4, -0.2) is 36.4 Å². The van der Waals surface area contributed by atoms with Gasteiger partial charge in [0, 0.05) is 13.2 Å². The first-order chi connectivity index (χ1) is 6.63. The molecule has 2 N–H and O–H groups in total. The predicted molar refractivity (Wildman–Crippen MR) is 55.4 cm³/mol. The maximum absolute atomic E-state index is 11.0. The molecule has 0 aliphatic rings. The molecule has 0 aliphatic heterocycles. The summed E-state index contributed by atoms with van der Waals surface area (Å²) in [5.41, 5.74) is -0.781. The normalized spacial score (nSPS) is 11.6. The van der Waals surface area contributed by atoms with Gasteiger partial charge in [0.2, 0.25) is 0 Å². The van der Waals surface area contributed by atoms with Gasteiger partial charge in [0.25, 0.3) is 0 Å². The minimum Gasteiger partial charge on any atom is -0.480 e. The fourth-order valence-electron chi connectivity index (χ4n) is 1.38. The molecule has 0 aliphatic carbocycles. The number of hydrogen-bond donors (Lipinski definition) is 2. The summed E-state index contributed by atoms with van der Waals surface area (Å²) >= 11 is 0. The van der Waals surface area contributed by atoms with Crippen molar-refractivity contribution in [2.45, 2.75) is 39.2 Å². The van der Waals surface area contributed by atoms with Crippen LogP contribution in [0, 0.1) is 0 Å². The highest BCUT2D eigenvalue weighted by Gasteiger charge is 2.33. The van der Waals surface area contributed by atoms with Crippen molar-refractivity contribution in [1.29, 1.82) is 0 Å². The number of carboxylic acid groups (broad SMARTS) is 1. The average molecular weight is 203 g/mol. The van der Waals surface area contributed by atoms with E-state index in [4.69, 9.17) is 9.84 Å². The molecule has 4 heteroatoms. The molecule has 0 saturated carbocycles. The van der Waals surface area contributed by atoms with Gasteiger partial charge in [-0.2, -0.15) is 0 Å². The summed E-state index contributed by atoms with van der Waals surface area (Å²) in [5.74, 6) is -0.779. The zero-order valence-corrected chi connectivity index (χ0v) is 9.30. The van der Waals surface area contributed by atoms with Crippen LogP contribution in [0.4, 0.5) is 0 Å². The largest absolute Gasteiger partial charge is 0.480 e. The average Bonchev–Trinajstić information content (AvgIpc) is 2.18. The monoisotopic (exact) mass is 203 g/mol. The molecule has 0 fully saturated rings. The topological polar surface area (TPSA) is 58.6 Å². The van der Waals surface area contributed by atoms with Gasteiger partial charge >= 0.3 is 5.97 Å². The van der Waals surface area contributed by atoms with Crippen LogP contribution in [0.15, 0.2) is 0 Å². The molecule has 0 aromatic rings. The molecular weight excluding hydrogens is 182 g/mol. The number of aliphatic carboxylic acids is 1. The third kappa shape index (κ3) is 3.64. The van der Waals surface area contributed by atoms with E-state index in [-0.39, 0.29) is 0 Å². The molecule has 0 amide bonds. The molecule has 84 valence electrons. The van der Waals surface area contributed by atoms with E-state index < -0.39 is 11.5 Å². The van der Waals surface area contributed by atoms with Gasteiger partial charge < -0.3 is 9.84 Å². The second-order valence-electron chi connectivity index (χ2n) is 3.22. The highest BCUT2D eigenvalue weighted by molar-refractivity contribution is 5.78. The highest BCUT2D eigenvalue weighted by Crippen LogP contribution is 2.14.